The van der Waals surface area contributed by atoms with Crippen LogP contribution in [-0.4, -0.2) is 10.9 Å². The van der Waals surface area contributed by atoms with Gasteiger partial charge in [0.15, 0.2) is 0 Å². The van der Waals surface area contributed by atoms with Crippen molar-refractivity contribution in [2.24, 2.45) is 17.3 Å². The van der Waals surface area contributed by atoms with Gasteiger partial charge in [-0.25, -0.2) is 0 Å². The number of fused-ring (bicyclic) bond motifs is 1. The number of carbonyl (C=O) groups excluding carboxylic acids is 1. The van der Waals surface area contributed by atoms with E-state index in [9.17, 15) is 4.79 Å². The summed E-state index contributed by atoms with van der Waals surface area (Å²) in [6, 6.07) is 9.78. The average molecular weight is 294 g/mol. The van der Waals surface area contributed by atoms with E-state index in [0.29, 0.717) is 5.92 Å². The van der Waals surface area contributed by atoms with Crippen molar-refractivity contribution in [2.45, 2.75) is 27.7 Å². The Balaban J connectivity index is 1.84. The van der Waals surface area contributed by atoms with Gasteiger partial charge in [-0.05, 0) is 37.3 Å². The molecule has 1 aromatic carbocycles. The summed E-state index contributed by atoms with van der Waals surface area (Å²) in [7, 11) is 0. The molecule has 22 heavy (non-hydrogen) atoms. The summed E-state index contributed by atoms with van der Waals surface area (Å²) in [6.07, 6.45) is 3.97. The molecule has 0 spiro atoms. The van der Waals surface area contributed by atoms with Crippen molar-refractivity contribution < 1.29 is 4.79 Å². The van der Waals surface area contributed by atoms with Gasteiger partial charge in [-0.1, -0.05) is 43.7 Å². The number of para-hydroxylation sites is 1. The molecule has 0 saturated heterocycles. The van der Waals surface area contributed by atoms with Crippen LogP contribution in [0, 0.1) is 17.3 Å². The van der Waals surface area contributed by atoms with Crippen LogP contribution in [0.15, 0.2) is 48.2 Å². The first-order chi connectivity index (χ1) is 10.4. The van der Waals surface area contributed by atoms with Gasteiger partial charge < -0.3 is 5.32 Å². The quantitative estimate of drug-likeness (QED) is 0.852. The maximum Gasteiger partial charge on any atom is 0.228 e. The standard InChI is InChI=1S/C19H22N2O/c1-12(2)11-14-16(19(14,3)4)18(22)21-15-9-5-7-13-8-6-10-20-17(13)15/h5-11,14,16H,1-4H3,(H,21,22)/t14-,16-/m1/s1. The first-order valence-corrected chi connectivity index (χ1v) is 7.71. The average Bonchev–Trinajstić information content (AvgIpc) is 2.99. The van der Waals surface area contributed by atoms with E-state index < -0.39 is 0 Å². The highest BCUT2D eigenvalue weighted by Gasteiger charge is 2.60. The highest BCUT2D eigenvalue weighted by Crippen LogP contribution is 2.59. The van der Waals surface area contributed by atoms with E-state index in [2.05, 4.69) is 44.1 Å². The minimum atomic E-state index is 0.0271. The zero-order valence-corrected chi connectivity index (χ0v) is 13.6. The van der Waals surface area contributed by atoms with E-state index in [4.69, 9.17) is 0 Å². The molecule has 1 fully saturated rings. The Bertz CT molecular complexity index is 752. The van der Waals surface area contributed by atoms with E-state index in [1.807, 2.05) is 30.3 Å². The molecule has 114 valence electrons. The van der Waals surface area contributed by atoms with Gasteiger partial charge in [-0.3, -0.25) is 9.78 Å². The van der Waals surface area contributed by atoms with Crippen LogP contribution in [0.3, 0.4) is 0 Å². The van der Waals surface area contributed by atoms with Gasteiger partial charge in [-0.2, -0.15) is 0 Å². The number of amides is 1. The van der Waals surface area contributed by atoms with E-state index >= 15 is 0 Å². The highest BCUT2D eigenvalue weighted by atomic mass is 16.2. The third-order valence-corrected chi connectivity index (χ3v) is 4.60. The van der Waals surface area contributed by atoms with E-state index in [0.717, 1.165) is 16.6 Å². The maximum atomic E-state index is 12.7. The minimum Gasteiger partial charge on any atom is -0.324 e. The summed E-state index contributed by atoms with van der Waals surface area (Å²) in [4.78, 5) is 17.0. The monoisotopic (exact) mass is 294 g/mol. The molecule has 1 saturated carbocycles. The van der Waals surface area contributed by atoms with Crippen molar-refractivity contribution in [3.8, 4) is 0 Å². The molecule has 3 nitrogen and oxygen atoms in total. The summed E-state index contributed by atoms with van der Waals surface area (Å²) >= 11 is 0. The van der Waals surface area contributed by atoms with Crippen LogP contribution in [0.25, 0.3) is 10.9 Å². The summed E-state index contributed by atoms with van der Waals surface area (Å²) in [5, 5.41) is 4.11. The van der Waals surface area contributed by atoms with Gasteiger partial charge in [0.05, 0.1) is 17.1 Å². The molecule has 0 radical (unpaired) electrons. The lowest BCUT2D eigenvalue weighted by Gasteiger charge is -2.08. The smallest absolute Gasteiger partial charge is 0.228 e. The van der Waals surface area contributed by atoms with Crippen molar-refractivity contribution in [3.05, 3.63) is 48.2 Å². The van der Waals surface area contributed by atoms with Crippen LogP contribution in [0.1, 0.15) is 27.7 Å². The van der Waals surface area contributed by atoms with Crippen LogP contribution >= 0.6 is 0 Å². The number of benzene rings is 1. The Morgan fingerprint density at radius 2 is 1.95 bits per heavy atom. The van der Waals surface area contributed by atoms with Crippen LogP contribution in [0.2, 0.25) is 0 Å². The Morgan fingerprint density at radius 1 is 1.23 bits per heavy atom. The predicted molar refractivity (Wildman–Crippen MR) is 90.6 cm³/mol. The topological polar surface area (TPSA) is 42.0 Å². The van der Waals surface area contributed by atoms with Crippen LogP contribution < -0.4 is 5.32 Å². The van der Waals surface area contributed by atoms with Crippen LogP contribution in [0.5, 0.6) is 0 Å². The number of rotatable bonds is 3. The first-order valence-electron chi connectivity index (χ1n) is 7.71. The third kappa shape index (κ3) is 2.52. The molecular formula is C19H22N2O. The van der Waals surface area contributed by atoms with E-state index in [-0.39, 0.29) is 17.2 Å². The molecule has 1 aliphatic rings. The van der Waals surface area contributed by atoms with Gasteiger partial charge >= 0.3 is 0 Å². The fraction of sp³-hybridized carbons (Fsp3) is 0.368. The van der Waals surface area contributed by atoms with Crippen LogP contribution in [-0.2, 0) is 4.79 Å². The van der Waals surface area contributed by atoms with Crippen molar-refractivity contribution in [1.82, 2.24) is 4.98 Å². The lowest BCUT2D eigenvalue weighted by atomic mass is 10.1. The van der Waals surface area contributed by atoms with E-state index in [1.165, 1.54) is 5.57 Å². The number of nitrogens with one attached hydrogen (secondary N) is 1. The summed E-state index contributed by atoms with van der Waals surface area (Å²) in [5.74, 6) is 0.437. The number of hydrogen-bond donors (Lipinski definition) is 1. The Labute approximate surface area is 131 Å². The molecule has 0 aliphatic heterocycles. The molecule has 1 heterocycles. The highest BCUT2D eigenvalue weighted by molar-refractivity contribution is 6.02. The minimum absolute atomic E-state index is 0.0271. The molecule has 3 rings (SSSR count). The molecule has 1 amide bonds. The number of hydrogen-bond acceptors (Lipinski definition) is 2. The van der Waals surface area contributed by atoms with Crippen molar-refractivity contribution in [3.63, 3.8) is 0 Å². The second kappa shape index (κ2) is 5.24. The molecule has 2 aromatic rings. The van der Waals surface area contributed by atoms with Crippen molar-refractivity contribution in [1.29, 1.82) is 0 Å². The normalized spacial score (nSPS) is 22.2. The Hall–Kier alpha value is -2.16. The molecule has 3 heteroatoms. The molecule has 2 atom stereocenters. The Kier molecular flexibility index (Phi) is 3.51. The number of allylic oxidation sites excluding steroid dienone is 2. The van der Waals surface area contributed by atoms with Gasteiger partial charge in [-0.15, -0.1) is 0 Å². The number of carbonyl (C=O) groups is 1. The fourth-order valence-electron chi connectivity index (χ4n) is 3.26. The first kappa shape index (κ1) is 14.8. The zero-order chi connectivity index (χ0) is 15.9. The van der Waals surface area contributed by atoms with Crippen molar-refractivity contribution in [2.75, 3.05) is 5.32 Å². The SMILES string of the molecule is CC(C)=C[C@@H]1[C@H](C(=O)Nc2cccc3cccnc23)C1(C)C. The van der Waals surface area contributed by atoms with Crippen molar-refractivity contribution >= 4 is 22.5 Å². The predicted octanol–water partition coefficient (Wildman–Crippen LogP) is 4.41. The summed E-state index contributed by atoms with van der Waals surface area (Å²) in [5.41, 5.74) is 2.93. The third-order valence-electron chi connectivity index (χ3n) is 4.60. The fourth-order valence-corrected chi connectivity index (χ4v) is 3.26. The van der Waals surface area contributed by atoms with Gasteiger partial charge in [0.25, 0.3) is 0 Å². The second-order valence-corrected chi connectivity index (χ2v) is 6.94. The lowest BCUT2D eigenvalue weighted by molar-refractivity contribution is -0.118. The number of anilines is 1. The van der Waals surface area contributed by atoms with Gasteiger partial charge in [0, 0.05) is 11.6 Å². The Morgan fingerprint density at radius 3 is 2.68 bits per heavy atom. The number of nitrogens with zero attached hydrogens (tertiary/aromatic N) is 1. The molecule has 1 N–H and O–H groups in total. The molecule has 1 aromatic heterocycles. The largest absolute Gasteiger partial charge is 0.324 e. The van der Waals surface area contributed by atoms with Gasteiger partial charge in [0.2, 0.25) is 5.91 Å². The second-order valence-electron chi connectivity index (χ2n) is 6.94. The van der Waals surface area contributed by atoms with Crippen LogP contribution in [0.4, 0.5) is 5.69 Å². The van der Waals surface area contributed by atoms with E-state index in [1.54, 1.807) is 6.20 Å². The number of aromatic nitrogens is 1. The zero-order valence-electron chi connectivity index (χ0n) is 13.6. The molecule has 0 unspecified atom stereocenters. The molecular weight excluding hydrogens is 272 g/mol. The lowest BCUT2D eigenvalue weighted by Crippen LogP contribution is -2.17. The number of pyridine rings is 1. The summed E-state index contributed by atoms with van der Waals surface area (Å²) in [6.45, 7) is 8.47. The van der Waals surface area contributed by atoms with Gasteiger partial charge in [0.1, 0.15) is 0 Å². The maximum absolute atomic E-state index is 12.7. The summed E-state index contributed by atoms with van der Waals surface area (Å²) < 4.78 is 0. The molecule has 1 aliphatic carbocycles. The molecule has 0 bridgehead atoms.